The van der Waals surface area contributed by atoms with Crippen LogP contribution in [0.4, 0.5) is 0 Å². The molecule has 2 unspecified atom stereocenters. The Labute approximate surface area is 113 Å². The molecule has 0 aliphatic rings. The Morgan fingerprint density at radius 1 is 1.35 bits per heavy atom. The van der Waals surface area contributed by atoms with Crippen molar-refractivity contribution in [3.05, 3.63) is 40.2 Å². The minimum Gasteiger partial charge on any atom is -0.387 e. The molecule has 0 aromatic heterocycles. The normalized spacial score (nSPS) is 16.6. The molecule has 2 atom stereocenters. The molecule has 0 radical (unpaired) electrons. The average molecular weight is 317 g/mol. The van der Waals surface area contributed by atoms with Crippen molar-refractivity contribution in [3.63, 3.8) is 0 Å². The molecule has 0 bridgehead atoms. The fourth-order valence-corrected chi connectivity index (χ4v) is 3.29. The summed E-state index contributed by atoms with van der Waals surface area (Å²) in [5.74, 6) is 0. The molecule has 0 spiro atoms. The summed E-state index contributed by atoms with van der Waals surface area (Å²) in [7, 11) is -1.24. The van der Waals surface area contributed by atoms with E-state index in [9.17, 15) is 9.32 Å². The van der Waals surface area contributed by atoms with E-state index in [-0.39, 0.29) is 5.41 Å². The van der Waals surface area contributed by atoms with E-state index in [0.717, 1.165) is 4.90 Å². The molecule has 0 aliphatic heterocycles. The van der Waals surface area contributed by atoms with Crippen LogP contribution in [0.1, 0.15) is 20.8 Å². The molecule has 0 amide bonds. The highest BCUT2D eigenvalue weighted by Gasteiger charge is 2.25. The van der Waals surface area contributed by atoms with Crippen molar-refractivity contribution in [3.8, 4) is 0 Å². The summed E-state index contributed by atoms with van der Waals surface area (Å²) >= 11 is 3.30. The largest absolute Gasteiger partial charge is 0.387 e. The zero-order chi connectivity index (χ0) is 13.1. The van der Waals surface area contributed by atoms with Crippen molar-refractivity contribution >= 4 is 26.7 Å². The van der Waals surface area contributed by atoms with Gasteiger partial charge in [0.25, 0.3) is 0 Å². The lowest BCUT2D eigenvalue weighted by Gasteiger charge is -2.25. The zero-order valence-electron chi connectivity index (χ0n) is 10.2. The van der Waals surface area contributed by atoms with Gasteiger partial charge in [-0.25, -0.2) is 4.21 Å². The highest BCUT2D eigenvalue weighted by atomic mass is 79.9. The van der Waals surface area contributed by atoms with Crippen LogP contribution < -0.4 is 0 Å². The predicted molar refractivity (Wildman–Crippen MR) is 75.3 cm³/mol. The van der Waals surface area contributed by atoms with Gasteiger partial charge in [-0.05, 0) is 17.5 Å². The van der Waals surface area contributed by atoms with Crippen molar-refractivity contribution in [2.24, 2.45) is 5.41 Å². The third-order valence-corrected chi connectivity index (χ3v) is 4.45. The van der Waals surface area contributed by atoms with Gasteiger partial charge >= 0.3 is 0 Å². The summed E-state index contributed by atoms with van der Waals surface area (Å²) in [6.45, 7) is 5.79. The summed E-state index contributed by atoms with van der Waals surface area (Å²) in [5.41, 5.74) is -0.282. The second-order valence-corrected chi connectivity index (χ2v) is 7.10. The molecular formula is C13H17BrO2S. The van der Waals surface area contributed by atoms with Crippen molar-refractivity contribution in [1.82, 2.24) is 0 Å². The minimum absolute atomic E-state index is 0.282. The number of benzene rings is 1. The van der Waals surface area contributed by atoms with Crippen LogP contribution in [0.2, 0.25) is 0 Å². The third kappa shape index (κ3) is 4.37. The SMILES string of the molecule is CC(C)(C)C(O)/C(Br)=C\S(=O)c1ccccc1. The Kier molecular flexibility index (Phi) is 5.10. The van der Waals surface area contributed by atoms with E-state index in [0.29, 0.717) is 4.48 Å². The molecule has 1 aromatic rings. The maximum Gasteiger partial charge on any atom is 0.0908 e. The van der Waals surface area contributed by atoms with Crippen molar-refractivity contribution in [2.75, 3.05) is 0 Å². The van der Waals surface area contributed by atoms with Gasteiger partial charge in [0.15, 0.2) is 0 Å². The van der Waals surface area contributed by atoms with Gasteiger partial charge in [0.1, 0.15) is 0 Å². The summed E-state index contributed by atoms with van der Waals surface area (Å²) in [6.07, 6.45) is -0.657. The lowest BCUT2D eigenvalue weighted by Crippen LogP contribution is -2.26. The quantitative estimate of drug-likeness (QED) is 0.927. The van der Waals surface area contributed by atoms with Crippen LogP contribution in [-0.2, 0) is 10.8 Å². The van der Waals surface area contributed by atoms with Crippen LogP contribution in [0.3, 0.4) is 0 Å². The van der Waals surface area contributed by atoms with Gasteiger partial charge in [-0.1, -0.05) is 54.9 Å². The number of aliphatic hydroxyl groups excluding tert-OH is 1. The monoisotopic (exact) mass is 316 g/mol. The van der Waals surface area contributed by atoms with E-state index in [1.165, 1.54) is 0 Å². The molecule has 0 fully saturated rings. The smallest absolute Gasteiger partial charge is 0.0908 e. The molecule has 94 valence electrons. The van der Waals surface area contributed by atoms with Gasteiger partial charge in [0.05, 0.1) is 16.9 Å². The first-order valence-corrected chi connectivity index (χ1v) is 7.34. The summed E-state index contributed by atoms with van der Waals surface area (Å²) < 4.78 is 12.5. The molecule has 0 heterocycles. The molecule has 17 heavy (non-hydrogen) atoms. The first-order chi connectivity index (χ1) is 7.82. The molecule has 1 N–H and O–H groups in total. The maximum absolute atomic E-state index is 12.0. The van der Waals surface area contributed by atoms with Gasteiger partial charge in [0, 0.05) is 14.8 Å². The van der Waals surface area contributed by atoms with Crippen molar-refractivity contribution < 1.29 is 9.32 Å². The Balaban J connectivity index is 2.87. The van der Waals surface area contributed by atoms with Crippen LogP contribution >= 0.6 is 15.9 Å². The van der Waals surface area contributed by atoms with Gasteiger partial charge in [-0.15, -0.1) is 0 Å². The Bertz CT molecular complexity index is 421. The Morgan fingerprint density at radius 2 is 1.88 bits per heavy atom. The fourth-order valence-electron chi connectivity index (χ4n) is 1.20. The summed E-state index contributed by atoms with van der Waals surface area (Å²) in [5, 5.41) is 11.5. The maximum atomic E-state index is 12.0. The Hall–Kier alpha value is -0.450. The first-order valence-electron chi connectivity index (χ1n) is 5.33. The lowest BCUT2D eigenvalue weighted by molar-refractivity contribution is 0.103. The van der Waals surface area contributed by atoms with E-state index in [2.05, 4.69) is 15.9 Å². The second-order valence-electron chi connectivity index (χ2n) is 4.88. The van der Waals surface area contributed by atoms with E-state index in [1.807, 2.05) is 39.0 Å². The summed E-state index contributed by atoms with van der Waals surface area (Å²) in [4.78, 5) is 0.727. The van der Waals surface area contributed by atoms with Gasteiger partial charge in [-0.3, -0.25) is 0 Å². The Morgan fingerprint density at radius 3 is 2.35 bits per heavy atom. The molecule has 4 heteroatoms. The molecule has 1 rings (SSSR count). The average Bonchev–Trinajstić information content (AvgIpc) is 2.27. The van der Waals surface area contributed by atoms with Gasteiger partial charge in [0.2, 0.25) is 0 Å². The van der Waals surface area contributed by atoms with Crippen LogP contribution in [0.5, 0.6) is 0 Å². The molecular weight excluding hydrogens is 300 g/mol. The van der Waals surface area contributed by atoms with E-state index >= 15 is 0 Å². The number of hydrogen-bond donors (Lipinski definition) is 1. The van der Waals surface area contributed by atoms with Gasteiger partial charge in [-0.2, -0.15) is 0 Å². The van der Waals surface area contributed by atoms with Gasteiger partial charge < -0.3 is 5.11 Å². The first kappa shape index (κ1) is 14.6. The standard InChI is InChI=1S/C13H17BrO2S/c1-13(2,3)12(15)11(14)9-17(16)10-7-5-4-6-8-10/h4-9,12,15H,1-3H3/b11-9+. The summed E-state index contributed by atoms with van der Waals surface area (Å²) in [6, 6.07) is 9.17. The van der Waals surface area contributed by atoms with Crippen LogP contribution in [0, 0.1) is 5.41 Å². The molecule has 2 nitrogen and oxygen atoms in total. The number of aliphatic hydroxyl groups is 1. The molecule has 1 aromatic carbocycles. The highest BCUT2D eigenvalue weighted by molar-refractivity contribution is 9.11. The topological polar surface area (TPSA) is 37.3 Å². The number of rotatable bonds is 3. The molecule has 0 saturated heterocycles. The molecule has 0 saturated carbocycles. The second kappa shape index (κ2) is 5.94. The van der Waals surface area contributed by atoms with Crippen molar-refractivity contribution in [2.45, 2.75) is 31.8 Å². The molecule has 0 aliphatic carbocycles. The van der Waals surface area contributed by atoms with E-state index in [1.54, 1.807) is 17.5 Å². The predicted octanol–water partition coefficient (Wildman–Crippen LogP) is 3.44. The minimum atomic E-state index is -1.24. The number of halogens is 1. The fraction of sp³-hybridized carbons (Fsp3) is 0.385. The lowest BCUT2D eigenvalue weighted by atomic mass is 9.89. The van der Waals surface area contributed by atoms with Crippen LogP contribution in [0.15, 0.2) is 45.1 Å². The van der Waals surface area contributed by atoms with Crippen molar-refractivity contribution in [1.29, 1.82) is 0 Å². The van der Waals surface area contributed by atoms with E-state index in [4.69, 9.17) is 0 Å². The van der Waals surface area contributed by atoms with E-state index < -0.39 is 16.9 Å². The van der Waals surface area contributed by atoms with Crippen LogP contribution in [-0.4, -0.2) is 15.4 Å². The third-order valence-electron chi connectivity index (χ3n) is 2.28. The highest BCUT2D eigenvalue weighted by Crippen LogP contribution is 2.29. The van der Waals surface area contributed by atoms with Crippen LogP contribution in [0.25, 0.3) is 0 Å². The number of hydrogen-bond acceptors (Lipinski definition) is 2. The zero-order valence-corrected chi connectivity index (χ0v) is 12.6.